The number of para-hydroxylation sites is 1. The quantitative estimate of drug-likeness (QED) is 0.298. The maximum atomic E-state index is 13.2. The van der Waals surface area contributed by atoms with Crippen molar-refractivity contribution in [2.75, 3.05) is 13.7 Å². The minimum atomic E-state index is -0.439. The summed E-state index contributed by atoms with van der Waals surface area (Å²) in [6.07, 6.45) is 3.77. The number of Topliss-reactive ketones (excluding diaryl/α,β-unsaturated/α-hetero) is 1. The summed E-state index contributed by atoms with van der Waals surface area (Å²) in [5, 5.41) is 0. The summed E-state index contributed by atoms with van der Waals surface area (Å²) in [7, 11) is 1.32. The molecule has 0 saturated carbocycles. The normalized spacial score (nSPS) is 18.8. The molecular formula is C29H20O7. The molecule has 0 aromatic heterocycles. The number of ketones is 1. The number of carbonyl (C=O) groups excluding carboxylic acids is 3. The highest BCUT2D eigenvalue weighted by Crippen LogP contribution is 2.50. The first kappa shape index (κ1) is 21.9. The zero-order chi connectivity index (χ0) is 24.8. The highest BCUT2D eigenvalue weighted by molar-refractivity contribution is 6.15. The van der Waals surface area contributed by atoms with Gasteiger partial charge in [0.25, 0.3) is 0 Å². The Hall–Kier alpha value is -4.65. The van der Waals surface area contributed by atoms with Gasteiger partial charge in [0.05, 0.1) is 24.7 Å². The summed E-state index contributed by atoms with van der Waals surface area (Å²) in [6, 6.07) is 17.6. The van der Waals surface area contributed by atoms with Crippen molar-refractivity contribution in [3.05, 3.63) is 99.8 Å². The number of benzene rings is 3. The Kier molecular flexibility index (Phi) is 5.18. The molecule has 36 heavy (non-hydrogen) atoms. The second kappa shape index (κ2) is 8.53. The van der Waals surface area contributed by atoms with E-state index >= 15 is 0 Å². The average molecular weight is 480 g/mol. The molecule has 0 amide bonds. The van der Waals surface area contributed by atoms with Gasteiger partial charge >= 0.3 is 11.9 Å². The molecule has 0 bridgehead atoms. The number of hydrogen-bond donors (Lipinski definition) is 0. The molecule has 0 unspecified atom stereocenters. The number of esters is 2. The Morgan fingerprint density at radius 2 is 1.78 bits per heavy atom. The fourth-order valence-corrected chi connectivity index (χ4v) is 4.74. The van der Waals surface area contributed by atoms with Gasteiger partial charge in [-0.15, -0.1) is 0 Å². The lowest BCUT2D eigenvalue weighted by Crippen LogP contribution is -2.24. The first-order valence-electron chi connectivity index (χ1n) is 11.4. The van der Waals surface area contributed by atoms with Gasteiger partial charge in [0.1, 0.15) is 23.9 Å². The van der Waals surface area contributed by atoms with Crippen LogP contribution in [0.25, 0.3) is 12.2 Å². The Balaban J connectivity index is 1.38. The Bertz CT molecular complexity index is 1490. The van der Waals surface area contributed by atoms with Crippen LogP contribution in [-0.2, 0) is 9.53 Å². The lowest BCUT2D eigenvalue weighted by Gasteiger charge is -2.29. The van der Waals surface area contributed by atoms with Crippen LogP contribution in [0.1, 0.15) is 49.7 Å². The summed E-state index contributed by atoms with van der Waals surface area (Å²) >= 11 is 0. The van der Waals surface area contributed by atoms with E-state index < -0.39 is 5.97 Å². The minimum absolute atomic E-state index is 0.117. The van der Waals surface area contributed by atoms with E-state index in [1.54, 1.807) is 42.5 Å². The Morgan fingerprint density at radius 3 is 2.58 bits per heavy atom. The van der Waals surface area contributed by atoms with Crippen molar-refractivity contribution in [3.63, 3.8) is 0 Å². The molecule has 0 fully saturated rings. The SMILES string of the molecule is COC(=O)c1ccc(/C=C2\Oc3c(ccc4c3[C@@H](C3=Cc5ccccc5OC3)CC(=O)O4)C2=O)cc1. The van der Waals surface area contributed by atoms with Crippen molar-refractivity contribution in [1.82, 2.24) is 0 Å². The van der Waals surface area contributed by atoms with E-state index in [2.05, 4.69) is 0 Å². The number of allylic oxidation sites excluding steroid dienone is 1. The van der Waals surface area contributed by atoms with Gasteiger partial charge in [-0.05, 0) is 53.6 Å². The van der Waals surface area contributed by atoms with E-state index in [1.807, 2.05) is 30.3 Å². The number of rotatable bonds is 3. The predicted molar refractivity (Wildman–Crippen MR) is 130 cm³/mol. The summed E-state index contributed by atoms with van der Waals surface area (Å²) in [6.45, 7) is 0.321. The van der Waals surface area contributed by atoms with Crippen LogP contribution in [0.3, 0.4) is 0 Å². The van der Waals surface area contributed by atoms with E-state index in [4.69, 9.17) is 18.9 Å². The molecule has 3 aromatic carbocycles. The Labute approximate surface area is 206 Å². The smallest absolute Gasteiger partial charge is 0.337 e. The van der Waals surface area contributed by atoms with Crippen LogP contribution in [0.15, 0.2) is 72.0 Å². The lowest BCUT2D eigenvalue weighted by molar-refractivity contribution is -0.135. The van der Waals surface area contributed by atoms with Crippen LogP contribution in [0, 0.1) is 0 Å². The second-order valence-corrected chi connectivity index (χ2v) is 8.68. The van der Waals surface area contributed by atoms with E-state index in [0.717, 1.165) is 16.9 Å². The highest BCUT2D eigenvalue weighted by Gasteiger charge is 2.39. The van der Waals surface area contributed by atoms with Crippen LogP contribution in [0.2, 0.25) is 0 Å². The van der Waals surface area contributed by atoms with Gasteiger partial charge in [0.2, 0.25) is 5.78 Å². The molecule has 178 valence electrons. The number of methoxy groups -OCH3 is 1. The Morgan fingerprint density at radius 1 is 0.972 bits per heavy atom. The van der Waals surface area contributed by atoms with Gasteiger partial charge in [-0.2, -0.15) is 0 Å². The summed E-state index contributed by atoms with van der Waals surface area (Å²) < 4.78 is 22.3. The fourth-order valence-electron chi connectivity index (χ4n) is 4.74. The molecule has 3 aliphatic heterocycles. The largest absolute Gasteiger partial charge is 0.489 e. The van der Waals surface area contributed by atoms with E-state index in [-0.39, 0.29) is 29.9 Å². The van der Waals surface area contributed by atoms with Gasteiger partial charge in [-0.25, -0.2) is 4.79 Å². The average Bonchev–Trinajstić information content (AvgIpc) is 3.22. The van der Waals surface area contributed by atoms with Crippen molar-refractivity contribution in [2.24, 2.45) is 0 Å². The monoisotopic (exact) mass is 480 g/mol. The third kappa shape index (κ3) is 3.65. The number of hydrogen-bond acceptors (Lipinski definition) is 7. The molecule has 0 spiro atoms. The number of fused-ring (bicyclic) bond motifs is 4. The molecule has 0 saturated heterocycles. The molecular weight excluding hydrogens is 460 g/mol. The van der Waals surface area contributed by atoms with E-state index in [1.165, 1.54) is 7.11 Å². The lowest BCUT2D eigenvalue weighted by atomic mass is 9.83. The molecule has 7 heteroatoms. The first-order valence-corrected chi connectivity index (χ1v) is 11.4. The van der Waals surface area contributed by atoms with Crippen LogP contribution < -0.4 is 14.2 Å². The van der Waals surface area contributed by atoms with Gasteiger partial charge in [-0.3, -0.25) is 9.59 Å². The summed E-state index contributed by atoms with van der Waals surface area (Å²) in [5.41, 5.74) is 4.01. The fraction of sp³-hybridized carbons (Fsp3) is 0.138. The third-order valence-electron chi connectivity index (χ3n) is 6.51. The number of carbonyl (C=O) groups is 3. The van der Waals surface area contributed by atoms with Crippen LogP contribution >= 0.6 is 0 Å². The van der Waals surface area contributed by atoms with Crippen LogP contribution in [-0.4, -0.2) is 31.4 Å². The van der Waals surface area contributed by atoms with Gasteiger partial charge in [-0.1, -0.05) is 30.3 Å². The highest BCUT2D eigenvalue weighted by atomic mass is 16.5. The van der Waals surface area contributed by atoms with Crippen LogP contribution in [0.4, 0.5) is 0 Å². The molecule has 0 N–H and O–H groups in total. The second-order valence-electron chi connectivity index (χ2n) is 8.68. The predicted octanol–water partition coefficient (Wildman–Crippen LogP) is 4.96. The molecule has 3 aliphatic rings. The molecule has 6 rings (SSSR count). The van der Waals surface area contributed by atoms with Crippen molar-refractivity contribution >= 4 is 29.9 Å². The van der Waals surface area contributed by atoms with Crippen molar-refractivity contribution < 1.29 is 33.3 Å². The molecule has 7 nitrogen and oxygen atoms in total. The molecule has 0 radical (unpaired) electrons. The zero-order valence-electron chi connectivity index (χ0n) is 19.3. The van der Waals surface area contributed by atoms with E-state index in [9.17, 15) is 14.4 Å². The number of ether oxygens (including phenoxy) is 4. The third-order valence-corrected chi connectivity index (χ3v) is 6.51. The van der Waals surface area contributed by atoms with Gasteiger partial charge in [0, 0.05) is 17.0 Å². The van der Waals surface area contributed by atoms with Gasteiger partial charge < -0.3 is 18.9 Å². The van der Waals surface area contributed by atoms with Crippen molar-refractivity contribution in [3.8, 4) is 17.2 Å². The van der Waals surface area contributed by atoms with E-state index in [0.29, 0.717) is 40.4 Å². The molecule has 3 heterocycles. The molecule has 0 aliphatic carbocycles. The van der Waals surface area contributed by atoms with Crippen molar-refractivity contribution in [2.45, 2.75) is 12.3 Å². The first-order chi connectivity index (χ1) is 17.5. The summed E-state index contributed by atoms with van der Waals surface area (Å²) in [5.74, 6) is 0.310. The van der Waals surface area contributed by atoms with Crippen molar-refractivity contribution in [1.29, 1.82) is 0 Å². The zero-order valence-corrected chi connectivity index (χ0v) is 19.3. The topological polar surface area (TPSA) is 88.1 Å². The van der Waals surface area contributed by atoms with Gasteiger partial charge in [0.15, 0.2) is 5.76 Å². The maximum Gasteiger partial charge on any atom is 0.337 e. The molecule has 3 aromatic rings. The summed E-state index contributed by atoms with van der Waals surface area (Å²) in [4.78, 5) is 37.3. The molecule has 1 atom stereocenters. The maximum absolute atomic E-state index is 13.2. The van der Waals surface area contributed by atoms with Crippen LogP contribution in [0.5, 0.6) is 17.2 Å². The minimum Gasteiger partial charge on any atom is -0.489 e. The standard InChI is InChI=1S/C29H20O7/c1-33-29(32)17-8-6-16(7-9-17)12-24-27(31)20-10-11-23-26(28(20)36-24)21(14-25(30)35-23)19-13-18-4-2-3-5-22(18)34-15-19/h2-13,21H,14-15H2,1H3/b24-12-/t21-/m1/s1.